The lowest BCUT2D eigenvalue weighted by Gasteiger charge is -2.27. The van der Waals surface area contributed by atoms with Gasteiger partial charge in [0.1, 0.15) is 11.5 Å². The van der Waals surface area contributed by atoms with Crippen molar-refractivity contribution in [1.29, 1.82) is 0 Å². The summed E-state index contributed by atoms with van der Waals surface area (Å²) in [6.07, 6.45) is 1.22. The number of phenolic OH excluding ortho intramolecular Hbond substituents is 1. The van der Waals surface area contributed by atoms with Crippen molar-refractivity contribution in [2.75, 3.05) is 0 Å². The first-order valence-corrected chi connectivity index (χ1v) is 6.01. The van der Waals surface area contributed by atoms with E-state index in [0.29, 0.717) is 6.29 Å². The van der Waals surface area contributed by atoms with Crippen LogP contribution in [0.5, 0.6) is 11.5 Å². The number of rotatable bonds is 6. The molecule has 0 aliphatic carbocycles. The highest BCUT2D eigenvalue weighted by molar-refractivity contribution is 5.82. The van der Waals surface area contributed by atoms with E-state index in [1.165, 1.54) is 18.2 Å². The van der Waals surface area contributed by atoms with E-state index in [1.807, 2.05) is 0 Å². The van der Waals surface area contributed by atoms with Gasteiger partial charge in [-0.25, -0.2) is 4.79 Å². The highest BCUT2D eigenvalue weighted by Gasteiger charge is 2.35. The van der Waals surface area contributed by atoms with Crippen LogP contribution >= 0.6 is 0 Å². The molecule has 1 atom stereocenters. The Balaban J connectivity index is 2.94. The summed E-state index contributed by atoms with van der Waals surface area (Å²) in [6, 6.07) is 3.67. The van der Waals surface area contributed by atoms with Gasteiger partial charge in [0.25, 0.3) is 6.29 Å². The molecule has 1 unspecified atom stereocenters. The van der Waals surface area contributed by atoms with Crippen LogP contribution in [0.4, 0.5) is 0 Å². The number of carbonyl (C=O) groups is 2. The fourth-order valence-corrected chi connectivity index (χ4v) is 1.35. The maximum atomic E-state index is 11.4. The van der Waals surface area contributed by atoms with E-state index in [4.69, 9.17) is 9.47 Å². The average Bonchev–Trinajstić information content (AvgIpc) is 2.37. The Morgan fingerprint density at radius 2 is 2.05 bits per heavy atom. The summed E-state index contributed by atoms with van der Waals surface area (Å²) in [6.45, 7) is 2.56. The van der Waals surface area contributed by atoms with Gasteiger partial charge in [-0.2, -0.15) is 0 Å². The van der Waals surface area contributed by atoms with E-state index in [9.17, 15) is 24.9 Å². The van der Waals surface area contributed by atoms with Gasteiger partial charge in [-0.3, -0.25) is 4.79 Å². The lowest BCUT2D eigenvalue weighted by Crippen LogP contribution is -2.45. The molecule has 21 heavy (non-hydrogen) atoms. The molecule has 0 fully saturated rings. The second kappa shape index (κ2) is 6.87. The van der Waals surface area contributed by atoms with Gasteiger partial charge in [0.2, 0.25) is 5.79 Å². The van der Waals surface area contributed by atoms with Crippen LogP contribution in [0.3, 0.4) is 0 Å². The van der Waals surface area contributed by atoms with E-state index in [2.05, 4.69) is 0 Å². The number of aldehydes is 1. The van der Waals surface area contributed by atoms with Crippen molar-refractivity contribution in [1.82, 2.24) is 0 Å². The van der Waals surface area contributed by atoms with Gasteiger partial charge in [-0.1, -0.05) is 6.08 Å². The van der Waals surface area contributed by atoms with Gasteiger partial charge < -0.3 is 24.8 Å². The standard InChI is InChI=1S/C14H16O7/c1-3-4-12(17)21-13(14(2,18)19)20-10-6-5-9(8-15)11(16)7-10/h3-8,13,16,18-19H,1-2H3/b4-3+. The van der Waals surface area contributed by atoms with Gasteiger partial charge in [0.05, 0.1) is 5.56 Å². The Hall–Kier alpha value is -2.38. The molecule has 114 valence electrons. The molecule has 7 heteroatoms. The van der Waals surface area contributed by atoms with Crippen molar-refractivity contribution in [3.05, 3.63) is 35.9 Å². The SMILES string of the molecule is C/C=C/C(=O)OC(Oc1ccc(C=O)c(O)c1)C(C)(O)O. The largest absolute Gasteiger partial charge is 0.507 e. The van der Waals surface area contributed by atoms with Crippen LogP contribution in [0.15, 0.2) is 30.4 Å². The Morgan fingerprint density at radius 3 is 2.52 bits per heavy atom. The molecule has 0 saturated heterocycles. The third-order valence-corrected chi connectivity index (χ3v) is 2.34. The third-order valence-electron chi connectivity index (χ3n) is 2.34. The molecule has 0 aliphatic rings. The molecule has 1 rings (SSSR count). The fourth-order valence-electron chi connectivity index (χ4n) is 1.35. The molecule has 1 aromatic carbocycles. The zero-order valence-corrected chi connectivity index (χ0v) is 11.5. The van der Waals surface area contributed by atoms with Gasteiger partial charge in [0.15, 0.2) is 6.29 Å². The van der Waals surface area contributed by atoms with Crippen LogP contribution in [0.2, 0.25) is 0 Å². The maximum Gasteiger partial charge on any atom is 0.333 e. The smallest absolute Gasteiger partial charge is 0.333 e. The predicted octanol–water partition coefficient (Wildman–Crippen LogP) is 0.730. The monoisotopic (exact) mass is 296 g/mol. The quantitative estimate of drug-likeness (QED) is 0.307. The van der Waals surface area contributed by atoms with Crippen LogP contribution in [-0.2, 0) is 9.53 Å². The molecule has 0 amide bonds. The van der Waals surface area contributed by atoms with Crippen LogP contribution < -0.4 is 4.74 Å². The van der Waals surface area contributed by atoms with E-state index in [-0.39, 0.29) is 17.1 Å². The summed E-state index contributed by atoms with van der Waals surface area (Å²) in [5.41, 5.74) is 0.0422. The normalized spacial score (nSPS) is 13.0. The maximum absolute atomic E-state index is 11.4. The van der Waals surface area contributed by atoms with Gasteiger partial charge in [-0.05, 0) is 26.0 Å². The minimum atomic E-state index is -2.46. The Labute approximate surface area is 121 Å². The summed E-state index contributed by atoms with van der Waals surface area (Å²) >= 11 is 0. The Morgan fingerprint density at radius 1 is 1.38 bits per heavy atom. The second-order valence-corrected chi connectivity index (χ2v) is 4.32. The first-order valence-electron chi connectivity index (χ1n) is 6.01. The molecular weight excluding hydrogens is 280 g/mol. The average molecular weight is 296 g/mol. The third kappa shape index (κ3) is 4.90. The van der Waals surface area contributed by atoms with E-state index in [1.54, 1.807) is 6.92 Å². The zero-order valence-electron chi connectivity index (χ0n) is 11.5. The number of ether oxygens (including phenoxy) is 2. The number of hydrogen-bond donors (Lipinski definition) is 3. The Kier molecular flexibility index (Phi) is 5.45. The van der Waals surface area contributed by atoms with Crippen molar-refractivity contribution in [2.24, 2.45) is 0 Å². The van der Waals surface area contributed by atoms with Crippen molar-refractivity contribution >= 4 is 12.3 Å². The highest BCUT2D eigenvalue weighted by atomic mass is 16.7. The minimum absolute atomic E-state index is 0.00861. The molecule has 0 aromatic heterocycles. The molecule has 1 aromatic rings. The number of benzene rings is 1. The fraction of sp³-hybridized carbons (Fsp3) is 0.286. The summed E-state index contributed by atoms with van der Waals surface area (Å²) in [7, 11) is 0. The van der Waals surface area contributed by atoms with Gasteiger partial charge >= 0.3 is 5.97 Å². The summed E-state index contributed by atoms with van der Waals surface area (Å²) < 4.78 is 9.88. The molecule has 0 aliphatic heterocycles. The number of carbonyl (C=O) groups excluding carboxylic acids is 2. The van der Waals surface area contributed by atoms with Crippen LogP contribution in [-0.4, -0.2) is 39.7 Å². The molecule has 0 spiro atoms. The number of allylic oxidation sites excluding steroid dienone is 1. The van der Waals surface area contributed by atoms with Crippen LogP contribution in [0.1, 0.15) is 24.2 Å². The van der Waals surface area contributed by atoms with Crippen molar-refractivity contribution in [3.63, 3.8) is 0 Å². The van der Waals surface area contributed by atoms with Crippen molar-refractivity contribution < 1.29 is 34.4 Å². The second-order valence-electron chi connectivity index (χ2n) is 4.32. The topological polar surface area (TPSA) is 113 Å². The van der Waals surface area contributed by atoms with Gasteiger partial charge in [0, 0.05) is 12.1 Å². The van der Waals surface area contributed by atoms with E-state index < -0.39 is 18.0 Å². The van der Waals surface area contributed by atoms with E-state index >= 15 is 0 Å². The molecule has 0 heterocycles. The molecule has 0 radical (unpaired) electrons. The molecule has 0 saturated carbocycles. The lowest BCUT2D eigenvalue weighted by atomic mass is 10.2. The van der Waals surface area contributed by atoms with Gasteiger partial charge in [-0.15, -0.1) is 0 Å². The number of esters is 1. The summed E-state index contributed by atoms with van der Waals surface area (Å²) in [5, 5.41) is 28.6. The predicted molar refractivity (Wildman–Crippen MR) is 71.7 cm³/mol. The summed E-state index contributed by atoms with van der Waals surface area (Å²) in [4.78, 5) is 21.9. The summed E-state index contributed by atoms with van der Waals surface area (Å²) in [5.74, 6) is -3.65. The van der Waals surface area contributed by atoms with Crippen molar-refractivity contribution in [2.45, 2.75) is 25.9 Å². The molecular formula is C14H16O7. The molecule has 0 bridgehead atoms. The van der Waals surface area contributed by atoms with Crippen LogP contribution in [0, 0.1) is 0 Å². The number of phenols is 1. The lowest BCUT2D eigenvalue weighted by molar-refractivity contribution is -0.274. The molecule has 3 N–H and O–H groups in total. The van der Waals surface area contributed by atoms with Crippen LogP contribution in [0.25, 0.3) is 0 Å². The number of aromatic hydroxyl groups is 1. The molecule has 7 nitrogen and oxygen atoms in total. The highest BCUT2D eigenvalue weighted by Crippen LogP contribution is 2.25. The Bertz CT molecular complexity index is 543. The number of aliphatic hydroxyl groups is 2. The number of hydrogen-bond acceptors (Lipinski definition) is 7. The van der Waals surface area contributed by atoms with E-state index in [0.717, 1.165) is 19.1 Å². The first kappa shape index (κ1) is 16.7. The first-order chi connectivity index (χ1) is 9.77. The van der Waals surface area contributed by atoms with Crippen molar-refractivity contribution in [3.8, 4) is 11.5 Å². The minimum Gasteiger partial charge on any atom is -0.507 e. The zero-order chi connectivity index (χ0) is 16.0.